The fourth-order valence-corrected chi connectivity index (χ4v) is 5.11. The third kappa shape index (κ3) is 3.78. The van der Waals surface area contributed by atoms with E-state index in [2.05, 4.69) is 11.6 Å². The van der Waals surface area contributed by atoms with Gasteiger partial charge in [0, 0.05) is 12.6 Å². The largest absolute Gasteiger partial charge is 0.326 e. The number of rotatable bonds is 5. The summed E-state index contributed by atoms with van der Waals surface area (Å²) in [7, 11) is -3.36. The molecule has 4 nitrogen and oxygen atoms in total. The molecule has 108 valence electrons. The molecule has 0 radical (unpaired) electrons. The van der Waals surface area contributed by atoms with E-state index in [1.807, 2.05) is 5.38 Å². The van der Waals surface area contributed by atoms with Crippen LogP contribution in [0, 0.1) is 5.92 Å². The standard InChI is InChI=1S/C13H22N2O2S2/c1-2-10-3-5-12(6-4-10)15-19(16,17)13-7-11(8-14)9-18-13/h7,9-10,12,15H,2-6,8,14H2,1H3. The van der Waals surface area contributed by atoms with Crippen LogP contribution in [0.1, 0.15) is 44.6 Å². The van der Waals surface area contributed by atoms with Gasteiger partial charge in [-0.15, -0.1) is 11.3 Å². The molecule has 1 saturated carbocycles. The Labute approximate surface area is 119 Å². The Morgan fingerprint density at radius 1 is 1.37 bits per heavy atom. The second kappa shape index (κ2) is 6.35. The smallest absolute Gasteiger partial charge is 0.250 e. The van der Waals surface area contributed by atoms with Crippen LogP contribution >= 0.6 is 11.3 Å². The molecular formula is C13H22N2O2S2. The van der Waals surface area contributed by atoms with E-state index in [9.17, 15) is 8.42 Å². The Morgan fingerprint density at radius 3 is 2.58 bits per heavy atom. The Bertz CT molecular complexity index is 502. The van der Waals surface area contributed by atoms with Gasteiger partial charge in [-0.3, -0.25) is 0 Å². The Morgan fingerprint density at radius 2 is 2.05 bits per heavy atom. The van der Waals surface area contributed by atoms with Gasteiger partial charge >= 0.3 is 0 Å². The fraction of sp³-hybridized carbons (Fsp3) is 0.692. The predicted molar refractivity (Wildman–Crippen MR) is 78.6 cm³/mol. The molecule has 1 heterocycles. The van der Waals surface area contributed by atoms with Crippen molar-refractivity contribution in [3.63, 3.8) is 0 Å². The molecule has 0 unspecified atom stereocenters. The van der Waals surface area contributed by atoms with Gasteiger partial charge < -0.3 is 5.73 Å². The fourth-order valence-electron chi connectivity index (χ4n) is 2.57. The Kier molecular flexibility index (Phi) is 5.00. The monoisotopic (exact) mass is 302 g/mol. The van der Waals surface area contributed by atoms with Gasteiger partial charge in [0.2, 0.25) is 10.0 Å². The van der Waals surface area contributed by atoms with Gasteiger partial charge in [-0.25, -0.2) is 13.1 Å². The minimum atomic E-state index is -3.36. The average Bonchev–Trinajstić information content (AvgIpc) is 2.89. The van der Waals surface area contributed by atoms with Crippen LogP contribution in [-0.4, -0.2) is 14.5 Å². The lowest BCUT2D eigenvalue weighted by atomic mass is 9.85. The molecular weight excluding hydrogens is 280 g/mol. The van der Waals surface area contributed by atoms with Crippen LogP contribution in [0.2, 0.25) is 0 Å². The molecule has 1 aliphatic rings. The van der Waals surface area contributed by atoms with Crippen molar-refractivity contribution in [3.8, 4) is 0 Å². The van der Waals surface area contributed by atoms with Crippen LogP contribution in [-0.2, 0) is 16.6 Å². The molecule has 0 aliphatic heterocycles. The van der Waals surface area contributed by atoms with Gasteiger partial charge in [-0.2, -0.15) is 0 Å². The highest BCUT2D eigenvalue weighted by Gasteiger charge is 2.25. The number of nitrogens with one attached hydrogen (secondary N) is 1. The van der Waals surface area contributed by atoms with E-state index >= 15 is 0 Å². The van der Waals surface area contributed by atoms with Crippen molar-refractivity contribution in [1.29, 1.82) is 0 Å². The van der Waals surface area contributed by atoms with Crippen molar-refractivity contribution in [2.75, 3.05) is 0 Å². The lowest BCUT2D eigenvalue weighted by molar-refractivity contribution is 0.306. The molecule has 3 N–H and O–H groups in total. The van der Waals surface area contributed by atoms with Gasteiger partial charge in [0.1, 0.15) is 4.21 Å². The molecule has 0 atom stereocenters. The molecule has 19 heavy (non-hydrogen) atoms. The summed E-state index contributed by atoms with van der Waals surface area (Å²) in [6.07, 6.45) is 5.36. The normalized spacial score (nSPS) is 24.5. The Hall–Kier alpha value is -0.430. The first-order chi connectivity index (χ1) is 9.05. The second-order valence-corrected chi connectivity index (χ2v) is 8.08. The molecule has 0 bridgehead atoms. The average molecular weight is 302 g/mol. The van der Waals surface area contributed by atoms with Gasteiger partial charge in [-0.05, 0) is 48.6 Å². The van der Waals surface area contributed by atoms with Crippen LogP contribution in [0.4, 0.5) is 0 Å². The van der Waals surface area contributed by atoms with E-state index in [-0.39, 0.29) is 6.04 Å². The summed E-state index contributed by atoms with van der Waals surface area (Å²) >= 11 is 1.24. The van der Waals surface area contributed by atoms with E-state index in [4.69, 9.17) is 5.73 Å². The number of nitrogens with two attached hydrogens (primary N) is 1. The van der Waals surface area contributed by atoms with Crippen LogP contribution in [0.25, 0.3) is 0 Å². The van der Waals surface area contributed by atoms with Crippen molar-refractivity contribution in [2.24, 2.45) is 11.7 Å². The van der Waals surface area contributed by atoms with Crippen LogP contribution < -0.4 is 10.5 Å². The summed E-state index contributed by atoms with van der Waals surface area (Å²) in [6.45, 7) is 2.59. The van der Waals surface area contributed by atoms with Gasteiger partial charge in [-0.1, -0.05) is 13.3 Å². The second-order valence-electron chi connectivity index (χ2n) is 5.23. The zero-order valence-electron chi connectivity index (χ0n) is 11.3. The minimum Gasteiger partial charge on any atom is -0.326 e. The quantitative estimate of drug-likeness (QED) is 0.877. The summed E-state index contributed by atoms with van der Waals surface area (Å²) in [5.41, 5.74) is 6.39. The number of hydrogen-bond acceptors (Lipinski definition) is 4. The highest BCUT2D eigenvalue weighted by Crippen LogP contribution is 2.28. The highest BCUT2D eigenvalue weighted by molar-refractivity contribution is 7.91. The number of hydrogen-bond donors (Lipinski definition) is 2. The minimum absolute atomic E-state index is 0.0937. The summed E-state index contributed by atoms with van der Waals surface area (Å²) in [4.78, 5) is 0. The third-order valence-electron chi connectivity index (χ3n) is 3.88. The molecule has 0 amide bonds. The molecule has 1 aromatic heterocycles. The third-order valence-corrected chi connectivity index (χ3v) is 6.89. The van der Waals surface area contributed by atoms with Crippen LogP contribution in [0.15, 0.2) is 15.7 Å². The topological polar surface area (TPSA) is 72.2 Å². The van der Waals surface area contributed by atoms with E-state index in [1.54, 1.807) is 6.07 Å². The molecule has 0 saturated heterocycles. The zero-order valence-corrected chi connectivity index (χ0v) is 12.9. The van der Waals surface area contributed by atoms with Gasteiger partial charge in [0.05, 0.1) is 0 Å². The number of sulfonamides is 1. The van der Waals surface area contributed by atoms with Gasteiger partial charge in [0.15, 0.2) is 0 Å². The molecule has 0 aromatic carbocycles. The molecule has 1 aliphatic carbocycles. The van der Waals surface area contributed by atoms with E-state index in [1.165, 1.54) is 17.8 Å². The van der Waals surface area contributed by atoms with Crippen molar-refractivity contribution in [1.82, 2.24) is 4.72 Å². The number of thiophene rings is 1. The van der Waals surface area contributed by atoms with E-state index < -0.39 is 10.0 Å². The van der Waals surface area contributed by atoms with E-state index in [0.29, 0.717) is 10.8 Å². The molecule has 6 heteroatoms. The molecule has 2 rings (SSSR count). The lowest BCUT2D eigenvalue weighted by Gasteiger charge is -2.27. The maximum atomic E-state index is 12.2. The summed E-state index contributed by atoms with van der Waals surface area (Å²) in [6, 6.07) is 1.77. The van der Waals surface area contributed by atoms with Crippen molar-refractivity contribution in [2.45, 2.75) is 55.8 Å². The molecule has 0 spiro atoms. The summed E-state index contributed by atoms with van der Waals surface area (Å²) in [5.74, 6) is 0.770. The van der Waals surface area contributed by atoms with Crippen LogP contribution in [0.5, 0.6) is 0 Å². The SMILES string of the molecule is CCC1CCC(NS(=O)(=O)c2cc(CN)cs2)CC1. The zero-order chi connectivity index (χ0) is 13.9. The Balaban J connectivity index is 1.98. The predicted octanol–water partition coefficient (Wildman–Crippen LogP) is 2.45. The molecule has 1 aromatic rings. The maximum absolute atomic E-state index is 12.2. The van der Waals surface area contributed by atoms with Gasteiger partial charge in [0.25, 0.3) is 0 Å². The first kappa shape index (κ1) is 15.0. The van der Waals surface area contributed by atoms with Crippen molar-refractivity contribution < 1.29 is 8.42 Å². The molecule has 1 fully saturated rings. The van der Waals surface area contributed by atoms with Crippen molar-refractivity contribution in [3.05, 3.63) is 17.0 Å². The first-order valence-corrected chi connectivity index (χ1v) is 9.21. The maximum Gasteiger partial charge on any atom is 0.250 e. The van der Waals surface area contributed by atoms with Crippen molar-refractivity contribution >= 4 is 21.4 Å². The first-order valence-electron chi connectivity index (χ1n) is 6.85. The van der Waals surface area contributed by atoms with Crippen LogP contribution in [0.3, 0.4) is 0 Å². The highest BCUT2D eigenvalue weighted by atomic mass is 32.2. The lowest BCUT2D eigenvalue weighted by Crippen LogP contribution is -2.37. The summed E-state index contributed by atoms with van der Waals surface area (Å²) < 4.78 is 27.7. The van der Waals surface area contributed by atoms with E-state index in [0.717, 1.165) is 37.2 Å². The summed E-state index contributed by atoms with van der Waals surface area (Å²) in [5, 5.41) is 1.81.